The molecule has 1 aromatic heterocycles. The molecule has 0 amide bonds. The number of rotatable bonds is 3. The van der Waals surface area contributed by atoms with Crippen LogP contribution < -0.4 is 11.4 Å². The summed E-state index contributed by atoms with van der Waals surface area (Å²) >= 11 is 0. The van der Waals surface area contributed by atoms with Gasteiger partial charge in [-0.3, -0.25) is 4.57 Å². The fourth-order valence-electron chi connectivity index (χ4n) is 1.91. The van der Waals surface area contributed by atoms with Gasteiger partial charge in [0.25, 0.3) is 0 Å². The number of hydrogen-bond donors (Lipinski definition) is 3. The molecule has 18 heavy (non-hydrogen) atoms. The molecule has 0 unspecified atom stereocenters. The van der Waals surface area contributed by atoms with Crippen LogP contribution in [-0.2, 0) is 4.74 Å². The van der Waals surface area contributed by atoms with Crippen molar-refractivity contribution in [2.75, 3.05) is 12.3 Å². The predicted octanol–water partition coefficient (Wildman–Crippen LogP) is -0.891. The lowest BCUT2D eigenvalue weighted by Crippen LogP contribution is -2.28. The molecule has 1 saturated heterocycles. The Kier molecular flexibility index (Phi) is 3.46. The van der Waals surface area contributed by atoms with E-state index < -0.39 is 24.1 Å². The second-order valence-electron chi connectivity index (χ2n) is 4.09. The van der Waals surface area contributed by atoms with Crippen LogP contribution in [0, 0.1) is 0 Å². The Labute approximate surface area is 103 Å². The maximum atomic E-state index is 11.7. The van der Waals surface area contributed by atoms with Gasteiger partial charge in [0.2, 0.25) is 0 Å². The van der Waals surface area contributed by atoms with Gasteiger partial charge >= 0.3 is 5.69 Å². The highest BCUT2D eigenvalue weighted by atomic mass is 16.5. The van der Waals surface area contributed by atoms with Crippen LogP contribution in [0.4, 0.5) is 5.82 Å². The number of anilines is 1. The molecule has 3 atom stereocenters. The van der Waals surface area contributed by atoms with Crippen molar-refractivity contribution in [3.63, 3.8) is 0 Å². The molecule has 0 radical (unpaired) electrons. The van der Waals surface area contributed by atoms with Crippen LogP contribution in [0.15, 0.2) is 17.6 Å². The third kappa shape index (κ3) is 2.15. The number of ether oxygens (including phenoxy) is 1. The second kappa shape index (κ2) is 4.89. The molecule has 1 aliphatic heterocycles. The van der Waals surface area contributed by atoms with Crippen molar-refractivity contribution in [2.45, 2.75) is 24.9 Å². The topological polar surface area (TPSA) is 111 Å². The third-order valence-corrected chi connectivity index (χ3v) is 2.93. The molecule has 0 aliphatic carbocycles. The molecule has 2 heterocycles. The average molecular weight is 253 g/mol. The number of nitrogens with zero attached hydrogens (tertiary/aromatic N) is 2. The minimum atomic E-state index is -0.809. The summed E-state index contributed by atoms with van der Waals surface area (Å²) in [5.41, 5.74) is 5.51. The standard InChI is InChI=1S/C11H15N3O4/c1-2-6-4-14(11(17)13-10(6)12)9-3-7(16)8(5-15)18-9/h2,4,7-9,15-16H,1,3,5H2,(H2,12,13,17)/t7-,8+,9-/m1/s1. The van der Waals surface area contributed by atoms with Crippen LogP contribution in [0.5, 0.6) is 0 Å². The monoisotopic (exact) mass is 253 g/mol. The average Bonchev–Trinajstić information content (AvgIpc) is 2.70. The van der Waals surface area contributed by atoms with Crippen LogP contribution >= 0.6 is 0 Å². The van der Waals surface area contributed by atoms with E-state index in [-0.39, 0.29) is 18.8 Å². The quantitative estimate of drug-likeness (QED) is 0.644. The molecule has 1 aromatic rings. The van der Waals surface area contributed by atoms with E-state index in [0.717, 1.165) is 0 Å². The fraction of sp³-hybridized carbons (Fsp3) is 0.455. The number of nitrogen functional groups attached to an aromatic ring is 1. The fourth-order valence-corrected chi connectivity index (χ4v) is 1.91. The van der Waals surface area contributed by atoms with Gasteiger partial charge in [0, 0.05) is 18.2 Å². The van der Waals surface area contributed by atoms with Gasteiger partial charge in [0.05, 0.1) is 12.7 Å². The first-order chi connectivity index (χ1) is 8.56. The van der Waals surface area contributed by atoms with E-state index in [1.165, 1.54) is 16.8 Å². The zero-order chi connectivity index (χ0) is 13.3. The SMILES string of the molecule is C=Cc1cn([C@H]2C[C@@H](O)[C@H](CO)O2)c(=O)nc1N. The van der Waals surface area contributed by atoms with E-state index in [9.17, 15) is 9.90 Å². The number of aromatic nitrogens is 2. The first kappa shape index (κ1) is 12.7. The Balaban J connectivity index is 2.35. The number of aliphatic hydroxyl groups excluding tert-OH is 2. The molecule has 7 nitrogen and oxygen atoms in total. The molecule has 1 fully saturated rings. The number of aliphatic hydroxyl groups is 2. The van der Waals surface area contributed by atoms with E-state index in [1.54, 1.807) is 0 Å². The molecule has 98 valence electrons. The summed E-state index contributed by atoms with van der Waals surface area (Å²) < 4.78 is 6.62. The molecule has 0 bridgehead atoms. The molecule has 0 saturated carbocycles. The predicted molar refractivity (Wildman–Crippen MR) is 64.6 cm³/mol. The summed E-state index contributed by atoms with van der Waals surface area (Å²) in [5.74, 6) is 0.100. The van der Waals surface area contributed by atoms with Crippen LogP contribution in [0.3, 0.4) is 0 Å². The normalized spacial score (nSPS) is 27.3. The van der Waals surface area contributed by atoms with Crippen LogP contribution in [0.25, 0.3) is 6.08 Å². The highest BCUT2D eigenvalue weighted by Gasteiger charge is 2.35. The minimum absolute atomic E-state index is 0.100. The van der Waals surface area contributed by atoms with E-state index in [1.807, 2.05) is 0 Å². The molecule has 2 rings (SSSR count). The lowest BCUT2D eigenvalue weighted by atomic mass is 10.2. The number of hydrogen-bond acceptors (Lipinski definition) is 6. The smallest absolute Gasteiger partial charge is 0.351 e. The third-order valence-electron chi connectivity index (χ3n) is 2.93. The van der Waals surface area contributed by atoms with Gasteiger partial charge in [-0.15, -0.1) is 0 Å². The van der Waals surface area contributed by atoms with Crippen molar-refractivity contribution in [3.8, 4) is 0 Å². The van der Waals surface area contributed by atoms with Crippen molar-refractivity contribution in [2.24, 2.45) is 0 Å². The van der Waals surface area contributed by atoms with Crippen molar-refractivity contribution in [1.82, 2.24) is 9.55 Å². The van der Waals surface area contributed by atoms with Gasteiger partial charge in [-0.1, -0.05) is 12.7 Å². The first-order valence-corrected chi connectivity index (χ1v) is 5.52. The lowest BCUT2D eigenvalue weighted by Gasteiger charge is -2.15. The first-order valence-electron chi connectivity index (χ1n) is 5.52. The zero-order valence-corrected chi connectivity index (χ0v) is 9.69. The zero-order valence-electron chi connectivity index (χ0n) is 9.69. The Morgan fingerprint density at radius 2 is 2.44 bits per heavy atom. The molecule has 0 spiro atoms. The van der Waals surface area contributed by atoms with E-state index >= 15 is 0 Å². The number of nitrogens with two attached hydrogens (primary N) is 1. The van der Waals surface area contributed by atoms with Gasteiger partial charge in [0.1, 0.15) is 18.1 Å². The van der Waals surface area contributed by atoms with Crippen molar-refractivity contribution in [1.29, 1.82) is 0 Å². The second-order valence-corrected chi connectivity index (χ2v) is 4.09. The molecule has 7 heteroatoms. The summed E-state index contributed by atoms with van der Waals surface area (Å²) in [6, 6.07) is 0. The molecular formula is C11H15N3O4. The van der Waals surface area contributed by atoms with Crippen LogP contribution in [0.1, 0.15) is 18.2 Å². The summed E-state index contributed by atoms with van der Waals surface area (Å²) in [4.78, 5) is 15.4. The molecule has 1 aliphatic rings. The minimum Gasteiger partial charge on any atom is -0.394 e. The highest BCUT2D eigenvalue weighted by Crippen LogP contribution is 2.27. The molecule has 0 aromatic carbocycles. The van der Waals surface area contributed by atoms with Crippen LogP contribution in [0.2, 0.25) is 0 Å². The Bertz CT molecular complexity index is 514. The van der Waals surface area contributed by atoms with Crippen LogP contribution in [-0.4, -0.2) is 38.6 Å². The highest BCUT2D eigenvalue weighted by molar-refractivity contribution is 5.57. The summed E-state index contributed by atoms with van der Waals surface area (Å²) in [5, 5.41) is 18.6. The van der Waals surface area contributed by atoms with E-state index in [0.29, 0.717) is 5.56 Å². The Hall–Kier alpha value is -1.70. The van der Waals surface area contributed by atoms with E-state index in [2.05, 4.69) is 11.6 Å². The van der Waals surface area contributed by atoms with Gasteiger partial charge in [0.15, 0.2) is 0 Å². The summed E-state index contributed by atoms with van der Waals surface area (Å²) in [6.07, 6.45) is 1.02. The lowest BCUT2D eigenvalue weighted by molar-refractivity contribution is -0.0458. The Morgan fingerprint density at radius 3 is 3.00 bits per heavy atom. The van der Waals surface area contributed by atoms with Crippen molar-refractivity contribution in [3.05, 3.63) is 28.8 Å². The molecular weight excluding hydrogens is 238 g/mol. The summed E-state index contributed by atoms with van der Waals surface area (Å²) in [6.45, 7) is 3.27. The maximum absolute atomic E-state index is 11.7. The van der Waals surface area contributed by atoms with Gasteiger partial charge in [-0.25, -0.2) is 4.79 Å². The molecule has 4 N–H and O–H groups in total. The van der Waals surface area contributed by atoms with Gasteiger partial charge in [-0.05, 0) is 0 Å². The van der Waals surface area contributed by atoms with Gasteiger partial charge < -0.3 is 20.7 Å². The van der Waals surface area contributed by atoms with E-state index in [4.69, 9.17) is 15.6 Å². The largest absolute Gasteiger partial charge is 0.394 e. The maximum Gasteiger partial charge on any atom is 0.351 e. The summed E-state index contributed by atoms with van der Waals surface area (Å²) in [7, 11) is 0. The van der Waals surface area contributed by atoms with Crippen molar-refractivity contribution >= 4 is 11.9 Å². The van der Waals surface area contributed by atoms with Crippen molar-refractivity contribution < 1.29 is 14.9 Å². The van der Waals surface area contributed by atoms with Gasteiger partial charge in [-0.2, -0.15) is 4.98 Å². The Morgan fingerprint density at radius 1 is 1.72 bits per heavy atom.